The molecule has 0 saturated carbocycles. The third kappa shape index (κ3) is 7.72. The molecule has 5 nitrogen and oxygen atoms in total. The SMILES string of the molecule is CCCCCCCCN(S(C)(=O)=O)S(C)(=O)=O. The summed E-state index contributed by atoms with van der Waals surface area (Å²) in [5.41, 5.74) is 0. The van der Waals surface area contributed by atoms with E-state index in [4.69, 9.17) is 0 Å². The van der Waals surface area contributed by atoms with Crippen molar-refractivity contribution < 1.29 is 16.8 Å². The van der Waals surface area contributed by atoms with Crippen LogP contribution in [0.5, 0.6) is 0 Å². The van der Waals surface area contributed by atoms with Crippen LogP contribution >= 0.6 is 0 Å². The molecular weight excluding hydrogens is 262 g/mol. The molecule has 0 N–H and O–H groups in total. The van der Waals surface area contributed by atoms with Crippen LogP contribution in [0.15, 0.2) is 0 Å². The van der Waals surface area contributed by atoms with Crippen LogP contribution in [-0.4, -0.2) is 39.6 Å². The van der Waals surface area contributed by atoms with Gasteiger partial charge in [0, 0.05) is 6.54 Å². The maximum Gasteiger partial charge on any atom is 0.224 e. The largest absolute Gasteiger partial charge is 0.224 e. The van der Waals surface area contributed by atoms with Crippen molar-refractivity contribution in [2.75, 3.05) is 19.1 Å². The molecular formula is C10H23NO4S2. The second-order valence-corrected chi connectivity index (χ2v) is 8.33. The highest BCUT2D eigenvalue weighted by Crippen LogP contribution is 2.10. The van der Waals surface area contributed by atoms with Gasteiger partial charge in [-0.2, -0.15) is 0 Å². The van der Waals surface area contributed by atoms with E-state index in [1.54, 1.807) is 0 Å². The Morgan fingerprint density at radius 1 is 0.765 bits per heavy atom. The number of hydrogen-bond donors (Lipinski definition) is 0. The molecule has 0 bridgehead atoms. The van der Waals surface area contributed by atoms with E-state index in [1.165, 1.54) is 6.42 Å². The third-order valence-electron chi connectivity index (χ3n) is 2.43. The molecule has 0 rings (SSSR count). The molecule has 0 unspecified atom stereocenters. The van der Waals surface area contributed by atoms with Gasteiger partial charge >= 0.3 is 0 Å². The van der Waals surface area contributed by atoms with Crippen LogP contribution in [-0.2, 0) is 20.0 Å². The predicted octanol–water partition coefficient (Wildman–Crippen LogP) is 1.57. The van der Waals surface area contributed by atoms with Crippen LogP contribution in [0.4, 0.5) is 0 Å². The van der Waals surface area contributed by atoms with Crippen LogP contribution in [0.3, 0.4) is 0 Å². The second-order valence-electron chi connectivity index (χ2n) is 4.29. The van der Waals surface area contributed by atoms with E-state index in [-0.39, 0.29) is 6.54 Å². The predicted molar refractivity (Wildman–Crippen MR) is 69.8 cm³/mol. The number of rotatable bonds is 9. The molecule has 0 aliphatic heterocycles. The molecule has 0 radical (unpaired) electrons. The summed E-state index contributed by atoms with van der Waals surface area (Å²) in [7, 11) is -7.35. The zero-order valence-electron chi connectivity index (χ0n) is 10.8. The van der Waals surface area contributed by atoms with E-state index in [0.717, 1.165) is 38.2 Å². The van der Waals surface area contributed by atoms with Crippen molar-refractivity contribution in [2.45, 2.75) is 45.4 Å². The van der Waals surface area contributed by atoms with E-state index in [9.17, 15) is 16.8 Å². The summed E-state index contributed by atoms with van der Waals surface area (Å²) in [5, 5.41) is 0. The Bertz CT molecular complexity index is 368. The lowest BCUT2D eigenvalue weighted by Gasteiger charge is -2.17. The van der Waals surface area contributed by atoms with Gasteiger partial charge in [-0.1, -0.05) is 42.7 Å². The van der Waals surface area contributed by atoms with Crippen molar-refractivity contribution in [2.24, 2.45) is 0 Å². The van der Waals surface area contributed by atoms with Crippen LogP contribution in [0.1, 0.15) is 45.4 Å². The second kappa shape index (κ2) is 7.33. The summed E-state index contributed by atoms with van der Waals surface area (Å²) in [5.74, 6) is 0. The van der Waals surface area contributed by atoms with Crippen molar-refractivity contribution in [3.63, 3.8) is 0 Å². The molecule has 0 fully saturated rings. The van der Waals surface area contributed by atoms with Crippen LogP contribution < -0.4 is 0 Å². The smallest absolute Gasteiger partial charge is 0.212 e. The first kappa shape index (κ1) is 16.9. The normalized spacial score (nSPS) is 13.2. The molecule has 104 valence electrons. The topological polar surface area (TPSA) is 71.5 Å². The van der Waals surface area contributed by atoms with Crippen molar-refractivity contribution in [3.05, 3.63) is 0 Å². The van der Waals surface area contributed by atoms with Gasteiger partial charge in [0.25, 0.3) is 0 Å². The van der Waals surface area contributed by atoms with E-state index >= 15 is 0 Å². The molecule has 7 heteroatoms. The molecule has 0 heterocycles. The van der Waals surface area contributed by atoms with Gasteiger partial charge in [0.1, 0.15) is 0 Å². The fourth-order valence-electron chi connectivity index (χ4n) is 1.60. The van der Waals surface area contributed by atoms with Crippen molar-refractivity contribution in [1.29, 1.82) is 0 Å². The summed E-state index contributed by atoms with van der Waals surface area (Å²) in [6, 6.07) is 0. The maximum atomic E-state index is 11.3. The molecule has 0 spiro atoms. The summed E-state index contributed by atoms with van der Waals surface area (Å²) in [6.07, 6.45) is 7.76. The summed E-state index contributed by atoms with van der Waals surface area (Å²) in [4.78, 5) is 0. The van der Waals surface area contributed by atoms with E-state index < -0.39 is 20.0 Å². The van der Waals surface area contributed by atoms with Gasteiger partial charge in [0.05, 0.1) is 12.5 Å². The zero-order chi connectivity index (χ0) is 13.5. The maximum absolute atomic E-state index is 11.3. The van der Waals surface area contributed by atoms with Crippen molar-refractivity contribution >= 4 is 20.0 Å². The lowest BCUT2D eigenvalue weighted by atomic mass is 10.1. The minimum Gasteiger partial charge on any atom is -0.212 e. The quantitative estimate of drug-likeness (QED) is 0.603. The Morgan fingerprint density at radius 2 is 1.18 bits per heavy atom. The van der Waals surface area contributed by atoms with Crippen LogP contribution in [0, 0.1) is 0 Å². The fourth-order valence-corrected chi connectivity index (χ4v) is 4.49. The molecule has 0 saturated heterocycles. The highest BCUT2D eigenvalue weighted by atomic mass is 32.3. The zero-order valence-corrected chi connectivity index (χ0v) is 12.5. The van der Waals surface area contributed by atoms with Gasteiger partial charge in [-0.25, -0.2) is 16.8 Å². The molecule has 0 aliphatic rings. The van der Waals surface area contributed by atoms with Gasteiger partial charge in [0.15, 0.2) is 0 Å². The molecule has 0 amide bonds. The first-order valence-corrected chi connectivity index (χ1v) is 9.57. The van der Waals surface area contributed by atoms with Crippen LogP contribution in [0.2, 0.25) is 0 Å². The number of sulfonamides is 2. The Labute approximate surface area is 105 Å². The molecule has 0 aromatic heterocycles. The van der Waals surface area contributed by atoms with Gasteiger partial charge in [-0.15, -0.1) is 0 Å². The van der Waals surface area contributed by atoms with E-state index in [1.807, 2.05) is 0 Å². The molecule has 0 aromatic carbocycles. The Hall–Kier alpha value is -0.140. The minimum atomic E-state index is -3.67. The van der Waals surface area contributed by atoms with Crippen LogP contribution in [0.25, 0.3) is 0 Å². The molecule has 0 aliphatic carbocycles. The average molecular weight is 285 g/mol. The average Bonchev–Trinajstić information content (AvgIpc) is 2.12. The lowest BCUT2D eigenvalue weighted by molar-refractivity contribution is 0.486. The summed E-state index contributed by atoms with van der Waals surface area (Å²) < 4.78 is 45.7. The number of nitrogens with zero attached hydrogens (tertiary/aromatic N) is 1. The highest BCUT2D eigenvalue weighted by molar-refractivity contribution is 8.03. The van der Waals surface area contributed by atoms with E-state index in [2.05, 4.69) is 6.92 Å². The van der Waals surface area contributed by atoms with Gasteiger partial charge in [0.2, 0.25) is 20.0 Å². The highest BCUT2D eigenvalue weighted by Gasteiger charge is 2.25. The number of hydrogen-bond acceptors (Lipinski definition) is 4. The number of unbranched alkanes of at least 4 members (excludes halogenated alkanes) is 5. The Morgan fingerprint density at radius 3 is 1.59 bits per heavy atom. The first-order valence-electron chi connectivity index (χ1n) is 5.87. The van der Waals surface area contributed by atoms with Crippen molar-refractivity contribution in [1.82, 2.24) is 3.71 Å². The minimum absolute atomic E-state index is 0.0593. The van der Waals surface area contributed by atoms with Crippen molar-refractivity contribution in [3.8, 4) is 0 Å². The lowest BCUT2D eigenvalue weighted by Crippen LogP contribution is -2.36. The Balaban J connectivity index is 4.14. The van der Waals surface area contributed by atoms with Gasteiger partial charge < -0.3 is 0 Å². The fraction of sp³-hybridized carbons (Fsp3) is 1.00. The Kier molecular flexibility index (Phi) is 7.27. The first-order chi connectivity index (χ1) is 7.69. The monoisotopic (exact) mass is 285 g/mol. The summed E-state index contributed by atoms with van der Waals surface area (Å²) in [6.45, 7) is 2.18. The summed E-state index contributed by atoms with van der Waals surface area (Å²) >= 11 is 0. The molecule has 0 atom stereocenters. The van der Waals surface area contributed by atoms with Gasteiger partial charge in [-0.05, 0) is 6.42 Å². The third-order valence-corrected chi connectivity index (χ3v) is 5.90. The van der Waals surface area contributed by atoms with E-state index in [0.29, 0.717) is 10.1 Å². The molecule has 17 heavy (non-hydrogen) atoms. The molecule has 0 aromatic rings. The van der Waals surface area contributed by atoms with Gasteiger partial charge in [-0.3, -0.25) is 0 Å². The standard InChI is InChI=1S/C10H23NO4S2/c1-4-5-6-7-8-9-10-11(16(2,12)13)17(3,14)15/h4-10H2,1-3H3.